The van der Waals surface area contributed by atoms with Gasteiger partial charge in [-0.25, -0.2) is 0 Å². The minimum absolute atomic E-state index is 0.00344. The topological polar surface area (TPSA) is 54.5 Å². The maximum atomic E-state index is 12.3. The van der Waals surface area contributed by atoms with E-state index in [-0.39, 0.29) is 30.6 Å². The molecule has 4 nitrogen and oxygen atoms in total. The molecule has 1 heterocycles. The maximum absolute atomic E-state index is 12.3. The Morgan fingerprint density at radius 3 is 2.78 bits per heavy atom. The van der Waals surface area contributed by atoms with E-state index >= 15 is 0 Å². The van der Waals surface area contributed by atoms with Crippen LogP contribution in [0.5, 0.6) is 0 Å². The van der Waals surface area contributed by atoms with Crippen molar-refractivity contribution >= 4 is 22.5 Å². The summed E-state index contributed by atoms with van der Waals surface area (Å²) in [5.74, 6) is 1.14. The molecule has 5 heteroatoms. The van der Waals surface area contributed by atoms with E-state index < -0.39 is 10.8 Å². The minimum atomic E-state index is -0.811. The van der Waals surface area contributed by atoms with Crippen molar-refractivity contribution in [3.8, 4) is 0 Å². The zero-order chi connectivity index (χ0) is 16.4. The first kappa shape index (κ1) is 16.4. The number of fused-ring (bicyclic) bond motifs is 1. The lowest BCUT2D eigenvalue weighted by molar-refractivity contribution is -0.132. The molecule has 0 saturated carbocycles. The highest BCUT2D eigenvalue weighted by atomic mass is 32.2. The monoisotopic (exact) mass is 333 g/mol. The van der Waals surface area contributed by atoms with E-state index in [0.29, 0.717) is 18.1 Å². The molecule has 23 heavy (non-hydrogen) atoms. The van der Waals surface area contributed by atoms with Crippen LogP contribution in [0.3, 0.4) is 0 Å². The largest absolute Gasteiger partial charge is 0.338 e. The number of amides is 1. The van der Waals surface area contributed by atoms with Crippen LogP contribution in [0.2, 0.25) is 0 Å². The van der Waals surface area contributed by atoms with Gasteiger partial charge >= 0.3 is 0 Å². The number of ketones is 1. The first-order chi connectivity index (χ1) is 11.0. The average Bonchev–Trinajstić information content (AvgIpc) is 2.99. The Bertz CT molecular complexity index is 656. The third-order valence-electron chi connectivity index (χ3n) is 4.83. The Kier molecular flexibility index (Phi) is 4.95. The molecular formula is C18H23NO3S. The van der Waals surface area contributed by atoms with Crippen LogP contribution in [-0.2, 0) is 28.4 Å². The molecule has 1 amide bonds. The number of hydrogen-bond acceptors (Lipinski definition) is 3. The summed E-state index contributed by atoms with van der Waals surface area (Å²) in [4.78, 5) is 26.4. The second-order valence-corrected chi connectivity index (χ2v) is 8.13. The van der Waals surface area contributed by atoms with E-state index in [1.165, 1.54) is 17.5 Å². The lowest BCUT2D eigenvalue weighted by atomic mass is 10.0. The lowest BCUT2D eigenvalue weighted by Crippen LogP contribution is -2.48. The van der Waals surface area contributed by atoms with E-state index in [4.69, 9.17) is 0 Å². The molecule has 1 aliphatic heterocycles. The zero-order valence-corrected chi connectivity index (χ0v) is 14.4. The first-order valence-corrected chi connectivity index (χ1v) is 9.83. The first-order valence-electron chi connectivity index (χ1n) is 8.34. The fourth-order valence-corrected chi connectivity index (χ4v) is 4.77. The van der Waals surface area contributed by atoms with Crippen LogP contribution in [0.25, 0.3) is 0 Å². The normalized spacial score (nSPS) is 23.6. The fraction of sp³-hybridized carbons (Fsp3) is 0.556. The van der Waals surface area contributed by atoms with Gasteiger partial charge in [0, 0.05) is 53.3 Å². The van der Waals surface area contributed by atoms with E-state index in [2.05, 4.69) is 6.07 Å². The fourth-order valence-electron chi connectivity index (χ4n) is 3.49. The van der Waals surface area contributed by atoms with Gasteiger partial charge in [0.25, 0.3) is 0 Å². The van der Waals surface area contributed by atoms with Crippen LogP contribution in [0, 0.1) is 0 Å². The lowest BCUT2D eigenvalue weighted by Gasteiger charge is -2.33. The third kappa shape index (κ3) is 3.71. The van der Waals surface area contributed by atoms with Crippen LogP contribution in [-0.4, -0.2) is 44.9 Å². The molecule has 3 rings (SSSR count). The van der Waals surface area contributed by atoms with Gasteiger partial charge < -0.3 is 4.90 Å². The number of carbonyl (C=O) groups excluding carboxylic acids is 2. The van der Waals surface area contributed by atoms with E-state index in [1.54, 1.807) is 4.90 Å². The van der Waals surface area contributed by atoms with Crippen LogP contribution in [0.4, 0.5) is 0 Å². The molecule has 1 aromatic carbocycles. The SMILES string of the molecule is C[C@H]1C[S@](=O)CCN1C(=O)CCC(=O)c1ccc2c(c1)CCC2. The molecule has 1 fully saturated rings. The van der Waals surface area contributed by atoms with E-state index in [1.807, 2.05) is 19.1 Å². The van der Waals surface area contributed by atoms with Gasteiger partial charge in [-0.1, -0.05) is 12.1 Å². The molecule has 2 atom stereocenters. The van der Waals surface area contributed by atoms with Crippen LogP contribution < -0.4 is 0 Å². The van der Waals surface area contributed by atoms with Gasteiger partial charge in [-0.05, 0) is 43.4 Å². The number of carbonyl (C=O) groups is 2. The summed E-state index contributed by atoms with van der Waals surface area (Å²) in [7, 11) is -0.811. The average molecular weight is 333 g/mol. The van der Waals surface area contributed by atoms with Crippen molar-refractivity contribution in [1.82, 2.24) is 4.90 Å². The quantitative estimate of drug-likeness (QED) is 0.793. The summed E-state index contributed by atoms with van der Waals surface area (Å²) < 4.78 is 11.5. The Labute approximate surface area is 139 Å². The summed E-state index contributed by atoms with van der Waals surface area (Å²) in [6, 6.07) is 5.96. The number of benzene rings is 1. The molecule has 0 aromatic heterocycles. The Balaban J connectivity index is 1.56. The van der Waals surface area contributed by atoms with Gasteiger partial charge in [0.1, 0.15) is 0 Å². The molecule has 1 aliphatic carbocycles. The predicted octanol–water partition coefficient (Wildman–Crippen LogP) is 2.12. The molecule has 0 spiro atoms. The van der Waals surface area contributed by atoms with Gasteiger partial charge in [-0.3, -0.25) is 13.8 Å². The van der Waals surface area contributed by atoms with Gasteiger partial charge in [0.2, 0.25) is 5.91 Å². The number of nitrogens with zero attached hydrogens (tertiary/aromatic N) is 1. The predicted molar refractivity (Wildman–Crippen MR) is 91.1 cm³/mol. The van der Waals surface area contributed by atoms with Gasteiger partial charge in [-0.2, -0.15) is 0 Å². The highest BCUT2D eigenvalue weighted by molar-refractivity contribution is 7.85. The molecule has 1 saturated heterocycles. The summed E-state index contributed by atoms with van der Waals surface area (Å²) in [5, 5.41) is 0. The second kappa shape index (κ2) is 6.95. The maximum Gasteiger partial charge on any atom is 0.223 e. The molecule has 0 radical (unpaired) electrons. The van der Waals surface area contributed by atoms with E-state index in [0.717, 1.165) is 18.4 Å². The highest BCUT2D eigenvalue weighted by Gasteiger charge is 2.26. The molecule has 2 aliphatic rings. The Hall–Kier alpha value is -1.49. The van der Waals surface area contributed by atoms with Gasteiger partial charge in [0.15, 0.2) is 5.78 Å². The summed E-state index contributed by atoms with van der Waals surface area (Å²) in [6.45, 7) is 2.47. The molecular weight excluding hydrogens is 310 g/mol. The van der Waals surface area contributed by atoms with Crippen molar-refractivity contribution in [3.05, 3.63) is 34.9 Å². The molecule has 0 N–H and O–H groups in total. The van der Waals surface area contributed by atoms with Crippen LogP contribution in [0.15, 0.2) is 18.2 Å². The Morgan fingerprint density at radius 1 is 1.22 bits per heavy atom. The van der Waals surface area contributed by atoms with Crippen molar-refractivity contribution in [2.75, 3.05) is 18.1 Å². The summed E-state index contributed by atoms with van der Waals surface area (Å²) in [6.07, 6.45) is 3.82. The minimum Gasteiger partial charge on any atom is -0.338 e. The van der Waals surface area contributed by atoms with Crippen molar-refractivity contribution in [2.45, 2.75) is 45.1 Å². The molecule has 0 unspecified atom stereocenters. The smallest absolute Gasteiger partial charge is 0.223 e. The van der Waals surface area contributed by atoms with E-state index in [9.17, 15) is 13.8 Å². The van der Waals surface area contributed by atoms with Crippen molar-refractivity contribution < 1.29 is 13.8 Å². The molecule has 1 aromatic rings. The van der Waals surface area contributed by atoms with Crippen LogP contribution >= 0.6 is 0 Å². The molecule has 0 bridgehead atoms. The van der Waals surface area contributed by atoms with Crippen molar-refractivity contribution in [2.24, 2.45) is 0 Å². The second-order valence-electron chi connectivity index (χ2n) is 6.51. The number of Topliss-reactive ketones (excluding diaryl/α,β-unsaturated/α-hetero) is 1. The van der Waals surface area contributed by atoms with Crippen molar-refractivity contribution in [3.63, 3.8) is 0 Å². The molecule has 124 valence electrons. The number of aryl methyl sites for hydroxylation is 2. The third-order valence-corrected chi connectivity index (χ3v) is 6.32. The summed E-state index contributed by atoms with van der Waals surface area (Å²) in [5.41, 5.74) is 3.37. The van der Waals surface area contributed by atoms with Gasteiger partial charge in [0.05, 0.1) is 0 Å². The van der Waals surface area contributed by atoms with Crippen LogP contribution in [0.1, 0.15) is 47.7 Å². The van der Waals surface area contributed by atoms with Crippen molar-refractivity contribution in [1.29, 1.82) is 0 Å². The zero-order valence-electron chi connectivity index (χ0n) is 13.5. The number of rotatable bonds is 4. The standard InChI is InChI=1S/C18H23NO3S/c1-13-12-23(22)10-9-19(13)18(21)8-7-17(20)16-6-5-14-3-2-4-15(14)11-16/h5-6,11,13H,2-4,7-10,12H2,1H3/t13-,23+/m0/s1. The number of hydrogen-bond donors (Lipinski definition) is 0. The highest BCUT2D eigenvalue weighted by Crippen LogP contribution is 2.23. The van der Waals surface area contributed by atoms with Gasteiger partial charge in [-0.15, -0.1) is 0 Å². The summed E-state index contributed by atoms with van der Waals surface area (Å²) >= 11 is 0. The Morgan fingerprint density at radius 2 is 2.00 bits per heavy atom.